The molecule has 1 N–H and O–H groups in total. The fraction of sp³-hybridized carbons (Fsp3) is 0.800. The Labute approximate surface area is 63.6 Å². The Morgan fingerprint density at radius 1 is 1.73 bits per heavy atom. The molecular formula is C5H10N2O4. The fourth-order valence-electron chi connectivity index (χ4n) is 0.476. The van der Waals surface area contributed by atoms with Crippen molar-refractivity contribution >= 4 is 5.91 Å². The van der Waals surface area contributed by atoms with Gasteiger partial charge >= 0.3 is 0 Å². The molecular weight excluding hydrogens is 152 g/mol. The minimum Gasteiger partial charge on any atom is -0.356 e. The lowest BCUT2D eigenvalue weighted by Crippen LogP contribution is -2.22. The van der Waals surface area contributed by atoms with E-state index in [1.807, 2.05) is 0 Å². The van der Waals surface area contributed by atoms with Crippen molar-refractivity contribution in [1.29, 1.82) is 0 Å². The molecule has 0 unspecified atom stereocenters. The van der Waals surface area contributed by atoms with E-state index in [-0.39, 0.29) is 12.5 Å². The van der Waals surface area contributed by atoms with Crippen LogP contribution in [0.25, 0.3) is 0 Å². The van der Waals surface area contributed by atoms with E-state index in [0.29, 0.717) is 13.0 Å². The highest BCUT2D eigenvalue weighted by atomic mass is 16.9. The third-order valence-corrected chi connectivity index (χ3v) is 0.892. The van der Waals surface area contributed by atoms with Gasteiger partial charge in [-0.2, -0.15) is 0 Å². The molecule has 0 spiro atoms. The predicted octanol–water partition coefficient (Wildman–Crippen LogP) is -0.279. The Kier molecular flexibility index (Phi) is 4.80. The molecule has 1 amide bonds. The summed E-state index contributed by atoms with van der Waals surface area (Å²) >= 11 is 0. The summed E-state index contributed by atoms with van der Waals surface area (Å²) in [5.74, 6) is -0.147. The van der Waals surface area contributed by atoms with E-state index in [2.05, 4.69) is 10.2 Å². The molecule has 11 heavy (non-hydrogen) atoms. The lowest BCUT2D eigenvalue weighted by atomic mass is 10.4. The van der Waals surface area contributed by atoms with Crippen LogP contribution in [0.15, 0.2) is 0 Å². The van der Waals surface area contributed by atoms with E-state index in [0.717, 1.165) is 0 Å². The summed E-state index contributed by atoms with van der Waals surface area (Å²) in [6, 6.07) is 0. The van der Waals surface area contributed by atoms with E-state index in [1.54, 1.807) is 0 Å². The predicted molar refractivity (Wildman–Crippen MR) is 36.2 cm³/mol. The van der Waals surface area contributed by atoms with Crippen LogP contribution in [-0.4, -0.2) is 24.1 Å². The van der Waals surface area contributed by atoms with Gasteiger partial charge in [-0.3, -0.25) is 4.79 Å². The van der Waals surface area contributed by atoms with Crippen LogP contribution in [0.4, 0.5) is 0 Å². The quantitative estimate of drug-likeness (QED) is 0.342. The van der Waals surface area contributed by atoms with Crippen LogP contribution in [0.3, 0.4) is 0 Å². The van der Waals surface area contributed by atoms with Crippen LogP contribution in [0.1, 0.15) is 13.3 Å². The molecule has 0 heterocycles. The summed E-state index contributed by atoms with van der Waals surface area (Å²) in [6.45, 7) is 1.81. The summed E-state index contributed by atoms with van der Waals surface area (Å²) < 4.78 is 0. The molecule has 6 heteroatoms. The Balaban J connectivity index is 3.03. The van der Waals surface area contributed by atoms with E-state index in [1.165, 1.54) is 6.92 Å². The number of carbonyl (C=O) groups is 1. The second-order valence-corrected chi connectivity index (χ2v) is 1.89. The highest BCUT2D eigenvalue weighted by Crippen LogP contribution is 1.80. The van der Waals surface area contributed by atoms with Crippen LogP contribution in [0.2, 0.25) is 0 Å². The van der Waals surface area contributed by atoms with Gasteiger partial charge in [0.25, 0.3) is 5.09 Å². The molecule has 0 aliphatic rings. The first kappa shape index (κ1) is 9.67. The van der Waals surface area contributed by atoms with Crippen molar-refractivity contribution in [3.8, 4) is 0 Å². The molecule has 0 radical (unpaired) electrons. The first-order chi connectivity index (χ1) is 5.13. The molecule has 0 fully saturated rings. The van der Waals surface area contributed by atoms with Gasteiger partial charge in [-0.15, -0.1) is 10.1 Å². The van der Waals surface area contributed by atoms with Gasteiger partial charge in [-0.05, 0) is 6.42 Å². The number of amides is 1. The highest BCUT2D eigenvalue weighted by molar-refractivity contribution is 5.72. The number of rotatable bonds is 5. The second kappa shape index (κ2) is 5.45. The van der Waals surface area contributed by atoms with Crippen molar-refractivity contribution in [2.45, 2.75) is 13.3 Å². The average molecular weight is 162 g/mol. The molecule has 0 atom stereocenters. The van der Waals surface area contributed by atoms with E-state index in [9.17, 15) is 14.9 Å². The van der Waals surface area contributed by atoms with Gasteiger partial charge in [0.15, 0.2) is 0 Å². The SMILES string of the molecule is CC(=O)NCCCO[N+](=O)[O-]. The number of carbonyl (C=O) groups excluding carboxylic acids is 1. The van der Waals surface area contributed by atoms with E-state index < -0.39 is 5.09 Å². The van der Waals surface area contributed by atoms with Crippen LogP contribution in [-0.2, 0) is 9.63 Å². The molecule has 64 valence electrons. The maximum atomic E-state index is 10.3. The topological polar surface area (TPSA) is 81.5 Å². The first-order valence-corrected chi connectivity index (χ1v) is 3.14. The molecule has 0 aromatic carbocycles. The lowest BCUT2D eigenvalue weighted by molar-refractivity contribution is -0.757. The Morgan fingerprint density at radius 3 is 2.82 bits per heavy atom. The van der Waals surface area contributed by atoms with Crippen molar-refractivity contribution in [2.75, 3.05) is 13.2 Å². The van der Waals surface area contributed by atoms with E-state index in [4.69, 9.17) is 0 Å². The standard InChI is InChI=1S/C5H10N2O4/c1-5(8)6-3-2-4-11-7(9)10/h2-4H2,1H3,(H,6,8). The van der Waals surface area contributed by atoms with Crippen LogP contribution >= 0.6 is 0 Å². The van der Waals surface area contributed by atoms with Gasteiger partial charge in [-0.25, -0.2) is 0 Å². The molecule has 0 bridgehead atoms. The zero-order valence-corrected chi connectivity index (χ0v) is 6.20. The number of nitrogens with zero attached hydrogens (tertiary/aromatic N) is 1. The maximum Gasteiger partial charge on any atom is 0.294 e. The Hall–Kier alpha value is -1.33. The summed E-state index contributed by atoms with van der Waals surface area (Å²) in [5.41, 5.74) is 0. The largest absolute Gasteiger partial charge is 0.356 e. The van der Waals surface area contributed by atoms with Gasteiger partial charge < -0.3 is 10.2 Å². The first-order valence-electron chi connectivity index (χ1n) is 3.14. The molecule has 6 nitrogen and oxygen atoms in total. The normalized spacial score (nSPS) is 8.82. The summed E-state index contributed by atoms with van der Waals surface area (Å²) in [6.07, 6.45) is 0.445. The van der Waals surface area contributed by atoms with Gasteiger partial charge in [0.1, 0.15) is 0 Å². The van der Waals surface area contributed by atoms with Crippen molar-refractivity contribution in [3.63, 3.8) is 0 Å². The van der Waals surface area contributed by atoms with Crippen molar-refractivity contribution in [2.24, 2.45) is 0 Å². The van der Waals surface area contributed by atoms with Crippen LogP contribution < -0.4 is 5.32 Å². The molecule has 0 aromatic heterocycles. The molecule has 0 rings (SSSR count). The van der Waals surface area contributed by atoms with Crippen molar-refractivity contribution in [1.82, 2.24) is 5.32 Å². The third kappa shape index (κ3) is 8.67. The fourth-order valence-corrected chi connectivity index (χ4v) is 0.476. The van der Waals surface area contributed by atoms with Crippen LogP contribution in [0.5, 0.6) is 0 Å². The average Bonchev–Trinajstić information content (AvgIpc) is 1.85. The minimum atomic E-state index is -0.853. The molecule has 0 aliphatic carbocycles. The summed E-state index contributed by atoms with van der Waals surface area (Å²) in [7, 11) is 0. The second-order valence-electron chi connectivity index (χ2n) is 1.89. The third-order valence-electron chi connectivity index (χ3n) is 0.892. The number of nitrogens with one attached hydrogen (secondary N) is 1. The van der Waals surface area contributed by atoms with Gasteiger partial charge in [-0.1, -0.05) is 0 Å². The zero-order valence-electron chi connectivity index (χ0n) is 6.20. The Morgan fingerprint density at radius 2 is 2.36 bits per heavy atom. The highest BCUT2D eigenvalue weighted by Gasteiger charge is 1.94. The molecule has 0 aliphatic heterocycles. The van der Waals surface area contributed by atoms with E-state index >= 15 is 0 Å². The molecule has 0 saturated carbocycles. The number of hydrogen-bond donors (Lipinski definition) is 1. The van der Waals surface area contributed by atoms with Gasteiger partial charge in [0, 0.05) is 13.5 Å². The Bertz CT molecular complexity index is 131. The zero-order chi connectivity index (χ0) is 8.69. The summed E-state index contributed by atoms with van der Waals surface area (Å²) in [4.78, 5) is 23.8. The van der Waals surface area contributed by atoms with Crippen molar-refractivity contribution in [3.05, 3.63) is 10.1 Å². The molecule has 0 saturated heterocycles. The number of hydrogen-bond acceptors (Lipinski definition) is 4. The smallest absolute Gasteiger partial charge is 0.294 e. The van der Waals surface area contributed by atoms with Crippen LogP contribution in [0, 0.1) is 10.1 Å². The van der Waals surface area contributed by atoms with Crippen molar-refractivity contribution < 1.29 is 14.7 Å². The monoisotopic (exact) mass is 162 g/mol. The minimum absolute atomic E-state index is 0.0211. The molecule has 0 aromatic rings. The van der Waals surface area contributed by atoms with Gasteiger partial charge in [0.2, 0.25) is 5.91 Å². The summed E-state index contributed by atoms with van der Waals surface area (Å²) in [5, 5.41) is 11.2. The maximum absolute atomic E-state index is 10.3. The van der Waals surface area contributed by atoms with Gasteiger partial charge in [0.05, 0.1) is 6.61 Å². The lowest BCUT2D eigenvalue weighted by Gasteiger charge is -1.99.